The second-order valence-electron chi connectivity index (χ2n) is 7.27. The molecule has 0 amide bonds. The van der Waals surface area contributed by atoms with Gasteiger partial charge in [-0.05, 0) is 37.8 Å². The Bertz CT molecular complexity index is 973. The first-order chi connectivity index (χ1) is 12.9. The van der Waals surface area contributed by atoms with Crippen LogP contribution < -0.4 is 4.90 Å². The van der Waals surface area contributed by atoms with Crippen molar-refractivity contribution in [2.24, 2.45) is 5.92 Å². The lowest BCUT2D eigenvalue weighted by Crippen LogP contribution is -3.13. The van der Waals surface area contributed by atoms with E-state index in [1.807, 2.05) is 0 Å². The molecule has 4 rings (SSSR count). The van der Waals surface area contributed by atoms with Gasteiger partial charge in [-0.2, -0.15) is 4.52 Å². The van der Waals surface area contributed by atoms with Gasteiger partial charge in [0.25, 0.3) is 5.69 Å². The lowest BCUT2D eigenvalue weighted by atomic mass is 9.95. The van der Waals surface area contributed by atoms with E-state index < -0.39 is 4.92 Å². The van der Waals surface area contributed by atoms with Crippen LogP contribution in [0.15, 0.2) is 24.3 Å². The number of nitro groups is 1. The fourth-order valence-corrected chi connectivity index (χ4v) is 5.01. The maximum atomic E-state index is 11.0. The molecule has 1 atom stereocenters. The Labute approximate surface area is 160 Å². The van der Waals surface area contributed by atoms with Gasteiger partial charge in [-0.1, -0.05) is 18.3 Å². The highest BCUT2D eigenvalue weighted by Crippen LogP contribution is 2.35. The molecule has 0 aliphatic carbocycles. The lowest BCUT2D eigenvalue weighted by Gasteiger charge is -2.33. The third-order valence-electron chi connectivity index (χ3n) is 5.33. The van der Waals surface area contributed by atoms with Crippen LogP contribution in [0.5, 0.6) is 5.88 Å². The maximum Gasteiger partial charge on any atom is 0.269 e. The number of aromatic nitrogens is 3. The standard InChI is InChI=1S/C18H21N5O3S/c1-11-7-9-21(10-8-11)15(13-3-5-14(6-4-13)23(25)26)16-17(24)22-18(27-16)19-12(2)20-22/h3-6,11,15,24H,7-10H2,1-2H3/p+1/t15-/m1/s1. The molecule has 9 heteroatoms. The largest absolute Gasteiger partial charge is 0.492 e. The Morgan fingerprint density at radius 2 is 2.00 bits per heavy atom. The Morgan fingerprint density at radius 1 is 1.33 bits per heavy atom. The smallest absolute Gasteiger partial charge is 0.269 e. The molecule has 0 saturated carbocycles. The molecule has 2 N–H and O–H groups in total. The Kier molecular flexibility index (Phi) is 4.56. The number of hydrogen-bond acceptors (Lipinski definition) is 6. The van der Waals surface area contributed by atoms with Gasteiger partial charge in [0.15, 0.2) is 6.04 Å². The van der Waals surface area contributed by atoms with E-state index in [0.717, 1.165) is 36.4 Å². The molecule has 0 bridgehead atoms. The maximum absolute atomic E-state index is 11.0. The molecule has 3 heterocycles. The summed E-state index contributed by atoms with van der Waals surface area (Å²) >= 11 is 1.44. The number of nitrogens with one attached hydrogen (secondary N) is 1. The van der Waals surface area contributed by atoms with Gasteiger partial charge in [0, 0.05) is 17.7 Å². The van der Waals surface area contributed by atoms with Gasteiger partial charge in [-0.15, -0.1) is 5.10 Å². The number of nitrogens with zero attached hydrogens (tertiary/aromatic N) is 4. The molecule has 27 heavy (non-hydrogen) atoms. The van der Waals surface area contributed by atoms with Crippen molar-refractivity contribution < 1.29 is 14.9 Å². The zero-order valence-electron chi connectivity index (χ0n) is 15.3. The molecule has 1 fully saturated rings. The first-order valence-electron chi connectivity index (χ1n) is 9.08. The first kappa shape index (κ1) is 17.9. The van der Waals surface area contributed by atoms with E-state index in [-0.39, 0.29) is 17.6 Å². The molecule has 1 aliphatic rings. The van der Waals surface area contributed by atoms with Crippen LogP contribution in [0.1, 0.15) is 42.1 Å². The van der Waals surface area contributed by atoms with Gasteiger partial charge in [0.1, 0.15) is 10.7 Å². The number of piperidine rings is 1. The average molecular weight is 388 g/mol. The second-order valence-corrected chi connectivity index (χ2v) is 8.27. The summed E-state index contributed by atoms with van der Waals surface area (Å²) in [5.74, 6) is 1.43. The summed E-state index contributed by atoms with van der Waals surface area (Å²) in [6.45, 7) is 6.05. The average Bonchev–Trinajstić information content (AvgIpc) is 3.15. The van der Waals surface area contributed by atoms with Crippen molar-refractivity contribution in [3.8, 4) is 5.88 Å². The molecule has 1 aliphatic heterocycles. The number of rotatable bonds is 4. The Hall–Kier alpha value is -2.52. The predicted octanol–water partition coefficient (Wildman–Crippen LogP) is 2.12. The number of thiazole rings is 1. The van der Waals surface area contributed by atoms with Crippen LogP contribution in [0.2, 0.25) is 0 Å². The minimum absolute atomic E-state index is 0.0715. The summed E-state index contributed by atoms with van der Waals surface area (Å²) in [6, 6.07) is 6.58. The molecule has 0 radical (unpaired) electrons. The summed E-state index contributed by atoms with van der Waals surface area (Å²) in [7, 11) is 0. The van der Waals surface area contributed by atoms with Crippen molar-refractivity contribution in [3.05, 3.63) is 50.6 Å². The summed E-state index contributed by atoms with van der Waals surface area (Å²) < 4.78 is 1.49. The van der Waals surface area contributed by atoms with E-state index in [1.54, 1.807) is 19.1 Å². The zero-order chi connectivity index (χ0) is 19.1. The van der Waals surface area contributed by atoms with E-state index in [9.17, 15) is 15.2 Å². The number of quaternary nitrogens is 1. The monoisotopic (exact) mass is 388 g/mol. The van der Waals surface area contributed by atoms with Crippen LogP contribution >= 0.6 is 11.3 Å². The van der Waals surface area contributed by atoms with Crippen molar-refractivity contribution in [2.75, 3.05) is 13.1 Å². The molecule has 2 aromatic heterocycles. The van der Waals surface area contributed by atoms with Crippen molar-refractivity contribution in [2.45, 2.75) is 32.7 Å². The number of aryl methyl sites for hydroxylation is 1. The summed E-state index contributed by atoms with van der Waals surface area (Å²) in [6.07, 6.45) is 2.25. The first-order valence-corrected chi connectivity index (χ1v) is 9.89. The van der Waals surface area contributed by atoms with Crippen LogP contribution in [-0.2, 0) is 0 Å². The number of nitro benzene ring substituents is 1. The molecule has 8 nitrogen and oxygen atoms in total. The topological polar surface area (TPSA) is 98.0 Å². The van der Waals surface area contributed by atoms with Gasteiger partial charge in [-0.3, -0.25) is 10.1 Å². The molecular formula is C18H22N5O3S+. The van der Waals surface area contributed by atoms with Crippen LogP contribution in [0.4, 0.5) is 5.69 Å². The number of fused-ring (bicyclic) bond motifs is 1. The number of likely N-dealkylation sites (tertiary alicyclic amines) is 1. The highest BCUT2D eigenvalue weighted by Gasteiger charge is 2.34. The van der Waals surface area contributed by atoms with Crippen molar-refractivity contribution in [1.29, 1.82) is 0 Å². The van der Waals surface area contributed by atoms with Gasteiger partial charge in [-0.25, -0.2) is 4.98 Å². The van der Waals surface area contributed by atoms with Crippen LogP contribution in [-0.4, -0.2) is 37.7 Å². The molecule has 1 aromatic carbocycles. The van der Waals surface area contributed by atoms with E-state index >= 15 is 0 Å². The van der Waals surface area contributed by atoms with Gasteiger partial charge in [0.05, 0.1) is 18.0 Å². The van der Waals surface area contributed by atoms with Crippen molar-refractivity contribution in [3.63, 3.8) is 0 Å². The second kappa shape index (κ2) is 6.90. The van der Waals surface area contributed by atoms with Gasteiger partial charge >= 0.3 is 0 Å². The fraction of sp³-hybridized carbons (Fsp3) is 0.444. The number of benzene rings is 1. The molecule has 0 spiro atoms. The fourth-order valence-electron chi connectivity index (χ4n) is 3.82. The third-order valence-corrected chi connectivity index (χ3v) is 6.41. The van der Waals surface area contributed by atoms with Gasteiger partial charge in [0.2, 0.25) is 10.8 Å². The summed E-state index contributed by atoms with van der Waals surface area (Å²) in [4.78, 5) is 17.8. The molecule has 1 saturated heterocycles. The SMILES string of the molecule is Cc1nc2sc([C@@H](c3ccc([N+](=O)[O-])cc3)[NH+]3CCC(C)CC3)c(O)n2n1. The molecular weight excluding hydrogens is 366 g/mol. The quantitative estimate of drug-likeness (QED) is 0.527. The lowest BCUT2D eigenvalue weighted by molar-refractivity contribution is -0.931. The molecule has 3 aromatic rings. The van der Waals surface area contributed by atoms with Crippen LogP contribution in [0, 0.1) is 23.0 Å². The normalized spacial score (nSPS) is 21.4. The summed E-state index contributed by atoms with van der Waals surface area (Å²) in [5.41, 5.74) is 1.03. The number of non-ortho nitro benzene ring substituents is 1. The van der Waals surface area contributed by atoms with E-state index in [2.05, 4.69) is 17.0 Å². The minimum atomic E-state index is -0.391. The van der Waals surface area contributed by atoms with Gasteiger partial charge < -0.3 is 10.0 Å². The third kappa shape index (κ3) is 3.28. The minimum Gasteiger partial charge on any atom is -0.492 e. The highest BCUT2D eigenvalue weighted by atomic mass is 32.1. The van der Waals surface area contributed by atoms with Crippen LogP contribution in [0.25, 0.3) is 4.96 Å². The molecule has 0 unspecified atom stereocenters. The van der Waals surface area contributed by atoms with E-state index in [0.29, 0.717) is 16.7 Å². The zero-order valence-corrected chi connectivity index (χ0v) is 16.1. The highest BCUT2D eigenvalue weighted by molar-refractivity contribution is 7.17. The predicted molar refractivity (Wildman–Crippen MR) is 101 cm³/mol. The Morgan fingerprint density at radius 3 is 2.59 bits per heavy atom. The van der Waals surface area contributed by atoms with Crippen LogP contribution in [0.3, 0.4) is 0 Å². The van der Waals surface area contributed by atoms with E-state index in [4.69, 9.17) is 0 Å². The summed E-state index contributed by atoms with van der Waals surface area (Å²) in [5, 5.41) is 26.1. The van der Waals surface area contributed by atoms with Crippen molar-refractivity contribution >= 4 is 22.0 Å². The van der Waals surface area contributed by atoms with E-state index in [1.165, 1.54) is 32.9 Å². The number of aromatic hydroxyl groups is 1. The Balaban J connectivity index is 1.78. The molecule has 142 valence electrons. The van der Waals surface area contributed by atoms with Crippen molar-refractivity contribution in [1.82, 2.24) is 14.6 Å². The number of hydrogen-bond donors (Lipinski definition) is 2.